The van der Waals surface area contributed by atoms with Crippen LogP contribution in [0.4, 0.5) is 0 Å². The predicted octanol–water partition coefficient (Wildman–Crippen LogP) is 4.65. The highest BCUT2D eigenvalue weighted by molar-refractivity contribution is 7.99. The standard InChI is InChI=1S/C23H28N4S/c1-3-10-20(11-4-1)14-9-17-28-23-25-24-22(19-26-15-7-8-16-26)27(23)18-21-12-5-2-6-13-21/h1-6,10-13H,7-9,14-19H2. The van der Waals surface area contributed by atoms with Gasteiger partial charge in [-0.1, -0.05) is 72.4 Å². The Morgan fingerprint density at radius 3 is 2.18 bits per heavy atom. The van der Waals surface area contributed by atoms with E-state index in [-0.39, 0.29) is 0 Å². The summed E-state index contributed by atoms with van der Waals surface area (Å²) in [5, 5.41) is 10.2. The van der Waals surface area contributed by atoms with Crippen LogP contribution in [0.5, 0.6) is 0 Å². The maximum Gasteiger partial charge on any atom is 0.191 e. The van der Waals surface area contributed by atoms with Crippen molar-refractivity contribution < 1.29 is 0 Å². The second-order valence-corrected chi connectivity index (χ2v) is 8.45. The van der Waals surface area contributed by atoms with Gasteiger partial charge >= 0.3 is 0 Å². The first-order chi connectivity index (χ1) is 13.9. The number of thioether (sulfide) groups is 1. The van der Waals surface area contributed by atoms with Crippen LogP contribution in [-0.2, 0) is 19.5 Å². The molecule has 0 saturated carbocycles. The minimum Gasteiger partial charge on any atom is -0.300 e. The number of hydrogen-bond donors (Lipinski definition) is 0. The summed E-state index contributed by atoms with van der Waals surface area (Å²) in [7, 11) is 0. The molecule has 0 N–H and O–H groups in total. The molecule has 0 amide bonds. The Bertz CT molecular complexity index is 842. The number of aryl methyl sites for hydroxylation is 1. The fraction of sp³-hybridized carbons (Fsp3) is 0.391. The molecule has 0 bridgehead atoms. The first-order valence-corrected chi connectivity index (χ1v) is 11.2. The lowest BCUT2D eigenvalue weighted by atomic mass is 10.1. The van der Waals surface area contributed by atoms with Crippen molar-refractivity contribution in [1.29, 1.82) is 0 Å². The molecule has 2 heterocycles. The SMILES string of the molecule is c1ccc(CCCSc2nnc(CN3CCCC3)n2Cc2ccccc2)cc1. The molecule has 2 aromatic carbocycles. The van der Waals surface area contributed by atoms with Crippen molar-refractivity contribution in [2.45, 2.75) is 43.9 Å². The second-order valence-electron chi connectivity index (χ2n) is 7.39. The Balaban J connectivity index is 1.42. The molecule has 0 radical (unpaired) electrons. The number of likely N-dealkylation sites (tertiary alicyclic amines) is 1. The summed E-state index contributed by atoms with van der Waals surface area (Å²) in [6, 6.07) is 21.4. The Hall–Kier alpha value is -2.11. The zero-order valence-electron chi connectivity index (χ0n) is 16.3. The van der Waals surface area contributed by atoms with Gasteiger partial charge in [0.2, 0.25) is 0 Å². The highest BCUT2D eigenvalue weighted by Crippen LogP contribution is 2.22. The first kappa shape index (κ1) is 19.2. The zero-order chi connectivity index (χ0) is 19.0. The molecule has 1 saturated heterocycles. The second kappa shape index (κ2) is 9.89. The number of benzene rings is 2. The summed E-state index contributed by atoms with van der Waals surface area (Å²) in [5.74, 6) is 2.15. The molecule has 1 aliphatic heterocycles. The van der Waals surface area contributed by atoms with Crippen LogP contribution in [0.3, 0.4) is 0 Å². The molecule has 4 rings (SSSR count). The quantitative estimate of drug-likeness (QED) is 0.392. The predicted molar refractivity (Wildman–Crippen MR) is 116 cm³/mol. The van der Waals surface area contributed by atoms with Gasteiger partial charge in [0.05, 0.1) is 13.1 Å². The third-order valence-corrected chi connectivity index (χ3v) is 6.28. The molecule has 0 aliphatic carbocycles. The number of rotatable bonds is 9. The Labute approximate surface area is 172 Å². The van der Waals surface area contributed by atoms with Crippen molar-refractivity contribution in [2.75, 3.05) is 18.8 Å². The van der Waals surface area contributed by atoms with Crippen molar-refractivity contribution in [3.05, 3.63) is 77.6 Å². The molecular weight excluding hydrogens is 364 g/mol. The van der Waals surface area contributed by atoms with E-state index in [1.807, 2.05) is 11.8 Å². The monoisotopic (exact) mass is 392 g/mol. The smallest absolute Gasteiger partial charge is 0.191 e. The van der Waals surface area contributed by atoms with E-state index in [1.54, 1.807) is 0 Å². The van der Waals surface area contributed by atoms with Crippen LogP contribution in [0.25, 0.3) is 0 Å². The topological polar surface area (TPSA) is 34.0 Å². The summed E-state index contributed by atoms with van der Waals surface area (Å²) >= 11 is 1.84. The molecule has 5 heteroatoms. The first-order valence-electron chi connectivity index (χ1n) is 10.2. The van der Waals surface area contributed by atoms with Gasteiger partial charge < -0.3 is 4.57 Å². The molecule has 146 valence electrons. The summed E-state index contributed by atoms with van der Waals surface area (Å²) in [6.45, 7) is 4.11. The lowest BCUT2D eigenvalue weighted by Crippen LogP contribution is -2.21. The van der Waals surface area contributed by atoms with Crippen molar-refractivity contribution in [2.24, 2.45) is 0 Å². The zero-order valence-corrected chi connectivity index (χ0v) is 17.2. The van der Waals surface area contributed by atoms with E-state index in [0.717, 1.165) is 42.7 Å². The molecule has 0 atom stereocenters. The van der Waals surface area contributed by atoms with Gasteiger partial charge in [-0.05, 0) is 49.9 Å². The van der Waals surface area contributed by atoms with Gasteiger partial charge in [0.15, 0.2) is 5.16 Å². The highest BCUT2D eigenvalue weighted by Gasteiger charge is 2.18. The maximum atomic E-state index is 4.56. The number of hydrogen-bond acceptors (Lipinski definition) is 4. The third kappa shape index (κ3) is 5.24. The average Bonchev–Trinajstić information content (AvgIpc) is 3.38. The van der Waals surface area contributed by atoms with Crippen molar-refractivity contribution in [3.8, 4) is 0 Å². The number of nitrogens with zero attached hydrogens (tertiary/aromatic N) is 4. The van der Waals surface area contributed by atoms with Gasteiger partial charge in [-0.3, -0.25) is 4.90 Å². The Morgan fingerprint density at radius 1 is 0.786 bits per heavy atom. The number of aromatic nitrogens is 3. The van der Waals surface area contributed by atoms with E-state index >= 15 is 0 Å². The van der Waals surface area contributed by atoms with Crippen molar-refractivity contribution in [3.63, 3.8) is 0 Å². The molecule has 28 heavy (non-hydrogen) atoms. The molecule has 0 spiro atoms. The summed E-state index contributed by atoms with van der Waals surface area (Å²) in [6.07, 6.45) is 4.86. The summed E-state index contributed by atoms with van der Waals surface area (Å²) in [4.78, 5) is 2.50. The normalized spacial score (nSPS) is 14.6. The Morgan fingerprint density at radius 2 is 1.46 bits per heavy atom. The van der Waals surface area contributed by atoms with Crippen LogP contribution in [0, 0.1) is 0 Å². The summed E-state index contributed by atoms with van der Waals surface area (Å²) < 4.78 is 2.32. The van der Waals surface area contributed by atoms with E-state index in [2.05, 4.69) is 80.3 Å². The van der Waals surface area contributed by atoms with Crippen molar-refractivity contribution >= 4 is 11.8 Å². The Kier molecular flexibility index (Phi) is 6.79. The van der Waals surface area contributed by atoms with Gasteiger partial charge in [-0.2, -0.15) is 0 Å². The van der Waals surface area contributed by atoms with E-state index in [9.17, 15) is 0 Å². The van der Waals surface area contributed by atoms with Crippen LogP contribution in [0.15, 0.2) is 65.8 Å². The van der Waals surface area contributed by atoms with Gasteiger partial charge in [-0.15, -0.1) is 10.2 Å². The molecule has 1 fully saturated rings. The largest absolute Gasteiger partial charge is 0.300 e. The molecule has 1 aromatic heterocycles. The molecule has 3 aromatic rings. The van der Waals surface area contributed by atoms with Gasteiger partial charge in [0.1, 0.15) is 5.82 Å². The van der Waals surface area contributed by atoms with Gasteiger partial charge in [0, 0.05) is 5.75 Å². The maximum absolute atomic E-state index is 4.56. The van der Waals surface area contributed by atoms with Crippen LogP contribution in [0.1, 0.15) is 36.2 Å². The van der Waals surface area contributed by atoms with Gasteiger partial charge in [0.25, 0.3) is 0 Å². The van der Waals surface area contributed by atoms with Crippen molar-refractivity contribution in [1.82, 2.24) is 19.7 Å². The molecule has 4 nitrogen and oxygen atoms in total. The van der Waals surface area contributed by atoms with E-state index in [4.69, 9.17) is 0 Å². The van der Waals surface area contributed by atoms with Crippen LogP contribution in [-0.4, -0.2) is 38.5 Å². The van der Waals surface area contributed by atoms with E-state index < -0.39 is 0 Å². The lowest BCUT2D eigenvalue weighted by molar-refractivity contribution is 0.316. The van der Waals surface area contributed by atoms with Gasteiger partial charge in [-0.25, -0.2) is 0 Å². The molecular formula is C23H28N4S. The third-order valence-electron chi connectivity index (χ3n) is 5.22. The van der Waals surface area contributed by atoms with Crippen LogP contribution >= 0.6 is 11.8 Å². The van der Waals surface area contributed by atoms with E-state index in [0.29, 0.717) is 0 Å². The fourth-order valence-corrected chi connectivity index (χ4v) is 4.59. The van der Waals surface area contributed by atoms with Crippen LogP contribution in [0.2, 0.25) is 0 Å². The highest BCUT2D eigenvalue weighted by atomic mass is 32.2. The average molecular weight is 393 g/mol. The fourth-order valence-electron chi connectivity index (χ4n) is 3.69. The minimum absolute atomic E-state index is 0.845. The molecule has 1 aliphatic rings. The van der Waals surface area contributed by atoms with Crippen LogP contribution < -0.4 is 0 Å². The molecule has 0 unspecified atom stereocenters. The van der Waals surface area contributed by atoms with E-state index in [1.165, 1.54) is 37.1 Å². The summed E-state index contributed by atoms with van der Waals surface area (Å²) in [5.41, 5.74) is 2.71. The minimum atomic E-state index is 0.845. The lowest BCUT2D eigenvalue weighted by Gasteiger charge is -2.16.